The van der Waals surface area contributed by atoms with Crippen molar-refractivity contribution in [1.82, 2.24) is 0 Å². The Morgan fingerprint density at radius 3 is 2.56 bits per heavy atom. The third-order valence-corrected chi connectivity index (χ3v) is 0.777. The van der Waals surface area contributed by atoms with Gasteiger partial charge in [0.05, 0.1) is 6.61 Å². The van der Waals surface area contributed by atoms with Gasteiger partial charge in [0.1, 0.15) is 0 Å². The molecule has 9 heavy (non-hydrogen) atoms. The average molecular weight is 156 g/mol. The molecule has 0 amide bonds. The van der Waals surface area contributed by atoms with Gasteiger partial charge >= 0.3 is 0 Å². The summed E-state index contributed by atoms with van der Waals surface area (Å²) in [5.41, 5.74) is 5.10. The zero-order chi connectivity index (χ0) is 6.41. The van der Waals surface area contributed by atoms with Crippen molar-refractivity contribution in [3.63, 3.8) is 0 Å². The molecule has 3 nitrogen and oxygen atoms in total. The van der Waals surface area contributed by atoms with Crippen molar-refractivity contribution in [1.29, 1.82) is 0 Å². The van der Waals surface area contributed by atoms with E-state index in [-0.39, 0.29) is 12.4 Å². The quantitative estimate of drug-likeness (QED) is 0.567. The van der Waals surface area contributed by atoms with Crippen molar-refractivity contribution in [2.75, 3.05) is 13.2 Å². The highest BCUT2D eigenvalue weighted by Gasteiger charge is 1.95. The molecule has 0 fully saturated rings. The second-order valence-electron chi connectivity index (χ2n) is 1.52. The van der Waals surface area contributed by atoms with Gasteiger partial charge in [-0.1, -0.05) is 6.92 Å². The van der Waals surface area contributed by atoms with E-state index in [1.165, 1.54) is 0 Å². The van der Waals surface area contributed by atoms with Gasteiger partial charge in [0.25, 0.3) is 0 Å². The lowest BCUT2D eigenvalue weighted by atomic mass is 10.5. The van der Waals surface area contributed by atoms with E-state index in [0.717, 1.165) is 0 Å². The van der Waals surface area contributed by atoms with E-state index in [4.69, 9.17) is 15.6 Å². The van der Waals surface area contributed by atoms with Crippen LogP contribution in [-0.4, -0.2) is 24.5 Å². The van der Waals surface area contributed by atoms with Crippen LogP contribution >= 0.6 is 12.4 Å². The fourth-order valence-electron chi connectivity index (χ4n) is 0.322. The molecule has 0 spiro atoms. The molecule has 0 radical (unpaired) electrons. The first-order valence-corrected chi connectivity index (χ1v) is 2.81. The number of rotatable bonds is 4. The summed E-state index contributed by atoms with van der Waals surface area (Å²) in [7, 11) is 0. The molecule has 3 N–H and O–H groups in total. The highest BCUT2D eigenvalue weighted by Crippen LogP contribution is 1.89. The van der Waals surface area contributed by atoms with Gasteiger partial charge in [-0.15, -0.1) is 12.4 Å². The third kappa shape index (κ3) is 8.17. The van der Waals surface area contributed by atoms with Gasteiger partial charge in [-0.2, -0.15) is 0 Å². The van der Waals surface area contributed by atoms with Crippen LogP contribution < -0.4 is 5.73 Å². The maximum absolute atomic E-state index is 8.71. The molecule has 0 aromatic carbocycles. The Balaban J connectivity index is 0. The fraction of sp³-hybridized carbons (Fsp3) is 1.00. The number of hydrogen-bond donors (Lipinski definition) is 2. The second kappa shape index (κ2) is 8.17. The van der Waals surface area contributed by atoms with Crippen LogP contribution in [0.1, 0.15) is 13.3 Å². The van der Waals surface area contributed by atoms with Crippen LogP contribution in [0.5, 0.6) is 0 Å². The van der Waals surface area contributed by atoms with Gasteiger partial charge in [-0.3, -0.25) is 0 Å². The van der Waals surface area contributed by atoms with Gasteiger partial charge in [0.15, 0.2) is 6.29 Å². The van der Waals surface area contributed by atoms with Crippen LogP contribution in [-0.2, 0) is 4.74 Å². The average Bonchev–Trinajstić information content (AvgIpc) is 1.83. The summed E-state index contributed by atoms with van der Waals surface area (Å²) >= 11 is 0. The van der Waals surface area contributed by atoms with Crippen LogP contribution in [0.15, 0.2) is 0 Å². The molecule has 1 atom stereocenters. The summed E-state index contributed by atoms with van der Waals surface area (Å²) in [4.78, 5) is 0. The van der Waals surface area contributed by atoms with Crippen LogP contribution in [0.4, 0.5) is 0 Å². The third-order valence-electron chi connectivity index (χ3n) is 0.777. The Morgan fingerprint density at radius 2 is 2.22 bits per heavy atom. The summed E-state index contributed by atoms with van der Waals surface area (Å²) in [6.07, 6.45) is -0.00134. The lowest BCUT2D eigenvalue weighted by Crippen LogP contribution is -2.16. The largest absolute Gasteiger partial charge is 0.368 e. The molecule has 0 saturated heterocycles. The van der Waals surface area contributed by atoms with Crippen molar-refractivity contribution in [3.05, 3.63) is 0 Å². The molecule has 1 unspecified atom stereocenters. The van der Waals surface area contributed by atoms with E-state index in [1.807, 2.05) is 6.92 Å². The molecular formula is C5H14ClNO2. The topological polar surface area (TPSA) is 55.5 Å². The number of ether oxygens (including phenoxy) is 1. The van der Waals surface area contributed by atoms with E-state index in [1.54, 1.807) is 0 Å². The van der Waals surface area contributed by atoms with Gasteiger partial charge in [-0.05, 0) is 6.42 Å². The van der Waals surface area contributed by atoms with Crippen molar-refractivity contribution in [3.8, 4) is 0 Å². The summed E-state index contributed by atoms with van der Waals surface area (Å²) < 4.78 is 4.77. The molecule has 0 aromatic rings. The summed E-state index contributed by atoms with van der Waals surface area (Å²) in [6, 6.07) is 0. The molecule has 0 heterocycles. The summed E-state index contributed by atoms with van der Waals surface area (Å²) in [5, 5.41) is 8.71. The molecule has 0 bridgehead atoms. The first-order valence-electron chi connectivity index (χ1n) is 2.81. The number of aliphatic hydroxyl groups is 1. The second-order valence-corrected chi connectivity index (χ2v) is 1.52. The molecule has 0 aliphatic carbocycles. The van der Waals surface area contributed by atoms with Gasteiger partial charge < -0.3 is 15.6 Å². The Hall–Kier alpha value is 0.170. The molecule has 0 aliphatic rings. The molecule has 0 aromatic heterocycles. The van der Waals surface area contributed by atoms with Gasteiger partial charge in [0, 0.05) is 6.54 Å². The zero-order valence-electron chi connectivity index (χ0n) is 5.54. The number of nitrogens with two attached hydrogens (primary N) is 1. The zero-order valence-corrected chi connectivity index (χ0v) is 6.36. The van der Waals surface area contributed by atoms with Crippen LogP contribution in [0, 0.1) is 0 Å². The first kappa shape index (κ1) is 11.9. The predicted molar refractivity (Wildman–Crippen MR) is 38.6 cm³/mol. The molecule has 58 valence electrons. The molecule has 0 aliphatic heterocycles. The fourth-order valence-corrected chi connectivity index (χ4v) is 0.322. The maximum atomic E-state index is 8.71. The van der Waals surface area contributed by atoms with Crippen molar-refractivity contribution in [2.45, 2.75) is 19.6 Å². The van der Waals surface area contributed by atoms with Crippen LogP contribution in [0.2, 0.25) is 0 Å². The molecule has 4 heteroatoms. The lowest BCUT2D eigenvalue weighted by molar-refractivity contribution is -0.0971. The van der Waals surface area contributed by atoms with Crippen LogP contribution in [0.3, 0.4) is 0 Å². The number of halogens is 1. The first-order chi connectivity index (χ1) is 3.81. The van der Waals surface area contributed by atoms with Crippen LogP contribution in [0.25, 0.3) is 0 Å². The highest BCUT2D eigenvalue weighted by molar-refractivity contribution is 5.85. The maximum Gasteiger partial charge on any atom is 0.154 e. The predicted octanol–water partition coefficient (Wildman–Crippen LogP) is 0.112. The lowest BCUT2D eigenvalue weighted by Gasteiger charge is -2.06. The molecular weight excluding hydrogens is 142 g/mol. The SMILES string of the molecule is CCC(O)OCCN.Cl. The monoisotopic (exact) mass is 155 g/mol. The van der Waals surface area contributed by atoms with E-state index in [9.17, 15) is 0 Å². The van der Waals surface area contributed by atoms with Gasteiger partial charge in [-0.25, -0.2) is 0 Å². The van der Waals surface area contributed by atoms with Gasteiger partial charge in [0.2, 0.25) is 0 Å². The minimum atomic E-state index is -0.626. The summed E-state index contributed by atoms with van der Waals surface area (Å²) in [5.74, 6) is 0. The smallest absolute Gasteiger partial charge is 0.154 e. The highest BCUT2D eigenvalue weighted by atomic mass is 35.5. The number of aliphatic hydroxyl groups excluding tert-OH is 1. The normalized spacial score (nSPS) is 12.3. The molecule has 0 rings (SSSR count). The summed E-state index contributed by atoms with van der Waals surface area (Å²) in [6.45, 7) is 2.76. The Bertz CT molecular complexity index is 54.2. The van der Waals surface area contributed by atoms with E-state index < -0.39 is 6.29 Å². The number of hydrogen-bond acceptors (Lipinski definition) is 3. The Kier molecular flexibility index (Phi) is 10.8. The minimum absolute atomic E-state index is 0. The van der Waals surface area contributed by atoms with E-state index in [0.29, 0.717) is 19.6 Å². The van der Waals surface area contributed by atoms with E-state index in [2.05, 4.69) is 0 Å². The Morgan fingerprint density at radius 1 is 1.67 bits per heavy atom. The Labute approximate surface area is 61.6 Å². The van der Waals surface area contributed by atoms with Crippen molar-refractivity contribution in [2.24, 2.45) is 5.73 Å². The minimum Gasteiger partial charge on any atom is -0.368 e. The van der Waals surface area contributed by atoms with Crippen molar-refractivity contribution >= 4 is 12.4 Å². The molecule has 0 saturated carbocycles. The van der Waals surface area contributed by atoms with Crippen molar-refractivity contribution < 1.29 is 9.84 Å². The standard InChI is InChI=1S/C5H13NO2.ClH/c1-2-5(7)8-4-3-6;/h5,7H,2-4,6H2,1H3;1H. The van der Waals surface area contributed by atoms with E-state index >= 15 is 0 Å².